The van der Waals surface area contributed by atoms with E-state index in [1.807, 2.05) is 13.8 Å². The molecule has 1 aromatic heterocycles. The van der Waals surface area contributed by atoms with E-state index in [1.54, 1.807) is 7.05 Å². The molecule has 2 rings (SSSR count). The molecule has 1 unspecified atom stereocenters. The van der Waals surface area contributed by atoms with E-state index in [2.05, 4.69) is 17.6 Å². The van der Waals surface area contributed by atoms with E-state index >= 15 is 0 Å². The Morgan fingerprint density at radius 1 is 1.26 bits per heavy atom. The molecular weight excluding hydrogens is 366 g/mol. The van der Waals surface area contributed by atoms with E-state index < -0.39 is 5.97 Å². The lowest BCUT2D eigenvalue weighted by atomic mass is 9.88. The number of nitrogens with one attached hydrogen (secondary N) is 3. The molecule has 7 nitrogen and oxygen atoms in total. The van der Waals surface area contributed by atoms with Gasteiger partial charge in [0.1, 0.15) is 5.00 Å². The van der Waals surface area contributed by atoms with Crippen LogP contribution in [0.3, 0.4) is 0 Å². The Morgan fingerprint density at radius 3 is 2.56 bits per heavy atom. The molecular formula is C19H30N3O4S+. The van der Waals surface area contributed by atoms with E-state index in [-0.39, 0.29) is 30.9 Å². The summed E-state index contributed by atoms with van der Waals surface area (Å²) in [6.07, 6.45) is 2.77. The van der Waals surface area contributed by atoms with Crippen molar-refractivity contribution in [3.63, 3.8) is 0 Å². The van der Waals surface area contributed by atoms with Crippen LogP contribution in [-0.4, -0.2) is 51.1 Å². The van der Waals surface area contributed by atoms with Crippen LogP contribution < -0.4 is 15.5 Å². The second-order valence-corrected chi connectivity index (χ2v) is 8.73. The van der Waals surface area contributed by atoms with Crippen LogP contribution in [0, 0.1) is 5.92 Å². The molecule has 0 radical (unpaired) electrons. The van der Waals surface area contributed by atoms with Crippen molar-refractivity contribution >= 4 is 34.1 Å². The highest BCUT2D eigenvalue weighted by atomic mass is 32.1. The number of anilines is 1. The highest BCUT2D eigenvalue weighted by molar-refractivity contribution is 7.17. The molecule has 0 bridgehead atoms. The molecule has 1 heterocycles. The standard InChI is InChI=1S/C19H29N3O4S/c1-11(2)20-15(23)9-22(4)10-16(24)21-18-17(19(25)26-5)13-7-6-12(3)8-14(13)27-18/h11-12H,6-10H2,1-5H3,(H,20,23)(H,21,24)/p+1/t12-/m0/s1. The van der Waals surface area contributed by atoms with Crippen molar-refractivity contribution in [2.75, 3.05) is 32.6 Å². The fourth-order valence-corrected chi connectivity index (χ4v) is 4.73. The number of carbonyl (C=O) groups is 3. The van der Waals surface area contributed by atoms with E-state index in [4.69, 9.17) is 4.74 Å². The van der Waals surface area contributed by atoms with Crippen molar-refractivity contribution in [1.82, 2.24) is 5.32 Å². The molecule has 3 N–H and O–H groups in total. The van der Waals surface area contributed by atoms with Crippen LogP contribution in [-0.2, 0) is 27.2 Å². The topological polar surface area (TPSA) is 88.9 Å². The van der Waals surface area contributed by atoms with Gasteiger partial charge >= 0.3 is 5.97 Å². The zero-order chi connectivity index (χ0) is 20.1. The van der Waals surface area contributed by atoms with Crippen molar-refractivity contribution in [1.29, 1.82) is 0 Å². The summed E-state index contributed by atoms with van der Waals surface area (Å²) in [6.45, 7) is 6.35. The van der Waals surface area contributed by atoms with Gasteiger partial charge < -0.3 is 20.3 Å². The monoisotopic (exact) mass is 396 g/mol. The smallest absolute Gasteiger partial charge is 0.341 e. The average molecular weight is 397 g/mol. The lowest BCUT2D eigenvalue weighted by Gasteiger charge is -2.18. The molecule has 2 atom stereocenters. The third-order valence-electron chi connectivity index (χ3n) is 4.53. The van der Waals surface area contributed by atoms with Crippen LogP contribution in [0.25, 0.3) is 0 Å². The summed E-state index contributed by atoms with van der Waals surface area (Å²) >= 11 is 1.47. The maximum absolute atomic E-state index is 12.5. The molecule has 150 valence electrons. The number of ether oxygens (including phenoxy) is 1. The molecule has 8 heteroatoms. The van der Waals surface area contributed by atoms with Crippen LogP contribution in [0.15, 0.2) is 0 Å². The molecule has 0 spiro atoms. The summed E-state index contributed by atoms with van der Waals surface area (Å²) in [5.74, 6) is -0.151. The van der Waals surface area contributed by atoms with E-state index in [0.29, 0.717) is 16.5 Å². The first kappa shape index (κ1) is 21.4. The SMILES string of the molecule is COC(=O)c1c(NC(=O)C[NH+](C)CC(=O)NC(C)C)sc2c1CC[C@H](C)C2. The van der Waals surface area contributed by atoms with Crippen molar-refractivity contribution in [2.45, 2.75) is 46.1 Å². The van der Waals surface area contributed by atoms with Crippen LogP contribution in [0.5, 0.6) is 0 Å². The van der Waals surface area contributed by atoms with Gasteiger partial charge in [0.2, 0.25) is 0 Å². The Labute approximate surface area is 164 Å². The number of hydrogen-bond acceptors (Lipinski definition) is 5. The minimum Gasteiger partial charge on any atom is -0.465 e. The number of thiophene rings is 1. The number of quaternary nitrogens is 1. The molecule has 0 aliphatic heterocycles. The second kappa shape index (κ2) is 9.32. The first-order valence-corrected chi connectivity index (χ1v) is 10.2. The number of methoxy groups -OCH3 is 1. The second-order valence-electron chi connectivity index (χ2n) is 7.63. The van der Waals surface area contributed by atoms with Gasteiger partial charge in [0.25, 0.3) is 11.8 Å². The summed E-state index contributed by atoms with van der Waals surface area (Å²) in [7, 11) is 3.15. The van der Waals surface area contributed by atoms with Crippen LogP contribution >= 0.6 is 11.3 Å². The number of rotatable bonds is 7. The Hall–Kier alpha value is -1.93. The predicted molar refractivity (Wildman–Crippen MR) is 105 cm³/mol. The van der Waals surface area contributed by atoms with Crippen molar-refractivity contribution in [2.24, 2.45) is 5.92 Å². The summed E-state index contributed by atoms with van der Waals surface area (Å²) < 4.78 is 4.94. The van der Waals surface area contributed by atoms with Gasteiger partial charge in [-0.1, -0.05) is 6.92 Å². The summed E-state index contributed by atoms with van der Waals surface area (Å²) in [5, 5.41) is 6.24. The zero-order valence-corrected chi connectivity index (χ0v) is 17.5. The number of hydrogen-bond donors (Lipinski definition) is 3. The Balaban J connectivity index is 2.06. The first-order chi connectivity index (χ1) is 12.7. The number of likely N-dealkylation sites (N-methyl/N-ethyl adjacent to an activating group) is 1. The number of amides is 2. The fraction of sp³-hybridized carbons (Fsp3) is 0.632. The fourth-order valence-electron chi connectivity index (χ4n) is 3.31. The van der Waals surface area contributed by atoms with Gasteiger partial charge in [-0.2, -0.15) is 0 Å². The Kier molecular flexibility index (Phi) is 7.38. The molecule has 1 aromatic rings. The molecule has 2 amide bonds. The first-order valence-electron chi connectivity index (χ1n) is 9.34. The maximum Gasteiger partial charge on any atom is 0.341 e. The van der Waals surface area contributed by atoms with Gasteiger partial charge in [-0.05, 0) is 44.6 Å². The van der Waals surface area contributed by atoms with E-state index in [0.717, 1.165) is 34.6 Å². The third-order valence-corrected chi connectivity index (χ3v) is 5.70. The average Bonchev–Trinajstić information content (AvgIpc) is 2.89. The molecule has 0 saturated heterocycles. The predicted octanol–water partition coefficient (Wildman–Crippen LogP) is 0.637. The van der Waals surface area contributed by atoms with E-state index in [9.17, 15) is 14.4 Å². The lowest BCUT2D eigenvalue weighted by Crippen LogP contribution is -3.11. The van der Waals surface area contributed by atoms with Gasteiger partial charge in [-0.25, -0.2) is 4.79 Å². The van der Waals surface area contributed by atoms with Crippen molar-refractivity contribution < 1.29 is 24.0 Å². The minimum absolute atomic E-state index is 0.0709. The molecule has 0 aromatic carbocycles. The van der Waals surface area contributed by atoms with Crippen molar-refractivity contribution in [3.05, 3.63) is 16.0 Å². The largest absolute Gasteiger partial charge is 0.465 e. The Morgan fingerprint density at radius 2 is 1.93 bits per heavy atom. The third kappa shape index (κ3) is 5.77. The number of esters is 1. The van der Waals surface area contributed by atoms with Crippen LogP contribution in [0.1, 0.15) is 48.0 Å². The molecule has 0 fully saturated rings. The molecule has 1 aliphatic carbocycles. The van der Waals surface area contributed by atoms with Gasteiger partial charge in [-0.15, -0.1) is 11.3 Å². The van der Waals surface area contributed by atoms with Gasteiger partial charge in [0.15, 0.2) is 13.1 Å². The Bertz CT molecular complexity index is 714. The summed E-state index contributed by atoms with van der Waals surface area (Å²) in [4.78, 5) is 38.5. The van der Waals surface area contributed by atoms with Gasteiger partial charge in [0.05, 0.1) is 19.7 Å². The van der Waals surface area contributed by atoms with Crippen LogP contribution in [0.2, 0.25) is 0 Å². The van der Waals surface area contributed by atoms with Crippen LogP contribution in [0.4, 0.5) is 5.00 Å². The molecule has 1 aliphatic rings. The highest BCUT2D eigenvalue weighted by Crippen LogP contribution is 2.39. The lowest BCUT2D eigenvalue weighted by molar-refractivity contribution is -0.862. The maximum atomic E-state index is 12.5. The zero-order valence-electron chi connectivity index (χ0n) is 16.7. The minimum atomic E-state index is -0.408. The normalized spacial score (nSPS) is 17.2. The highest BCUT2D eigenvalue weighted by Gasteiger charge is 2.29. The quantitative estimate of drug-likeness (QED) is 0.590. The molecule has 27 heavy (non-hydrogen) atoms. The van der Waals surface area contributed by atoms with Crippen molar-refractivity contribution in [3.8, 4) is 0 Å². The number of carbonyl (C=O) groups excluding carboxylic acids is 3. The number of fused-ring (bicyclic) bond motifs is 1. The molecule has 0 saturated carbocycles. The van der Waals surface area contributed by atoms with Gasteiger partial charge in [-0.3, -0.25) is 9.59 Å². The van der Waals surface area contributed by atoms with Gasteiger partial charge in [0, 0.05) is 10.9 Å². The van der Waals surface area contributed by atoms with E-state index in [1.165, 1.54) is 18.4 Å². The summed E-state index contributed by atoms with van der Waals surface area (Å²) in [5.41, 5.74) is 1.50. The summed E-state index contributed by atoms with van der Waals surface area (Å²) in [6, 6.07) is 0.0709.